The molecule has 0 saturated heterocycles. The van der Waals surface area contributed by atoms with Gasteiger partial charge in [0.1, 0.15) is 11.6 Å². The van der Waals surface area contributed by atoms with E-state index in [1.165, 1.54) is 6.07 Å². The van der Waals surface area contributed by atoms with Crippen LogP contribution < -0.4 is 4.74 Å². The molecule has 0 bridgehead atoms. The molecule has 1 heterocycles. The Balaban J connectivity index is 1.52. The Kier molecular flexibility index (Phi) is 4.97. The Morgan fingerprint density at radius 2 is 1.56 bits per heavy atom. The summed E-state index contributed by atoms with van der Waals surface area (Å²) in [4.78, 5) is 4.75. The van der Waals surface area contributed by atoms with Crippen molar-refractivity contribution >= 4 is 5.71 Å². The zero-order valence-corrected chi connectivity index (χ0v) is 14.7. The number of alkyl halides is 1. The topological polar surface area (TPSA) is 21.6 Å². The summed E-state index contributed by atoms with van der Waals surface area (Å²) in [5, 5.41) is 0. The van der Waals surface area contributed by atoms with Crippen molar-refractivity contribution in [3.63, 3.8) is 0 Å². The molecular formula is C23H19F2NO. The van der Waals surface area contributed by atoms with Crippen molar-refractivity contribution in [1.29, 1.82) is 0 Å². The molecular weight excluding hydrogens is 344 g/mol. The van der Waals surface area contributed by atoms with Gasteiger partial charge in [-0.2, -0.15) is 0 Å². The van der Waals surface area contributed by atoms with Gasteiger partial charge in [0.05, 0.1) is 6.04 Å². The van der Waals surface area contributed by atoms with Crippen LogP contribution in [0.5, 0.6) is 5.75 Å². The number of hydrogen-bond donors (Lipinski definition) is 0. The van der Waals surface area contributed by atoms with Crippen LogP contribution in [0.15, 0.2) is 77.8 Å². The van der Waals surface area contributed by atoms with Crippen LogP contribution in [0.4, 0.5) is 8.78 Å². The van der Waals surface area contributed by atoms with Gasteiger partial charge in [-0.1, -0.05) is 54.6 Å². The van der Waals surface area contributed by atoms with E-state index in [0.29, 0.717) is 11.3 Å². The van der Waals surface area contributed by atoms with Gasteiger partial charge in [-0.05, 0) is 47.7 Å². The number of aliphatic imine (C=N–C) groups is 1. The summed E-state index contributed by atoms with van der Waals surface area (Å²) in [5.41, 5.74) is 4.68. The molecule has 136 valence electrons. The number of benzene rings is 3. The first-order valence-corrected chi connectivity index (χ1v) is 8.95. The second kappa shape index (κ2) is 7.70. The third kappa shape index (κ3) is 3.75. The molecule has 0 radical (unpaired) electrons. The molecule has 4 heteroatoms. The standard InChI is InChI=1S/C23H19F2NO/c24-15-27-19-11-9-17(10-12-19)16-5-7-18(8-6-16)22-13-14-23(26-22)20-3-1-2-4-21(20)25/h1-12,22H,13-15H2. The van der Waals surface area contributed by atoms with E-state index in [1.54, 1.807) is 24.3 Å². The summed E-state index contributed by atoms with van der Waals surface area (Å²) in [6, 6.07) is 22.4. The van der Waals surface area contributed by atoms with Gasteiger partial charge in [0.2, 0.25) is 6.86 Å². The maximum Gasteiger partial charge on any atom is 0.228 e. The van der Waals surface area contributed by atoms with E-state index in [4.69, 9.17) is 9.73 Å². The lowest BCUT2D eigenvalue weighted by Gasteiger charge is -2.09. The van der Waals surface area contributed by atoms with E-state index in [-0.39, 0.29) is 11.9 Å². The second-order valence-corrected chi connectivity index (χ2v) is 6.51. The van der Waals surface area contributed by atoms with Crippen LogP contribution in [-0.2, 0) is 0 Å². The van der Waals surface area contributed by atoms with E-state index >= 15 is 0 Å². The first kappa shape index (κ1) is 17.4. The third-order valence-electron chi connectivity index (χ3n) is 4.86. The number of hydrogen-bond acceptors (Lipinski definition) is 2. The molecule has 1 unspecified atom stereocenters. The minimum absolute atomic E-state index is 0.0639. The van der Waals surface area contributed by atoms with Crippen LogP contribution in [0.25, 0.3) is 11.1 Å². The lowest BCUT2D eigenvalue weighted by Crippen LogP contribution is -1.99. The molecule has 1 aliphatic heterocycles. The average molecular weight is 363 g/mol. The van der Waals surface area contributed by atoms with Gasteiger partial charge in [-0.25, -0.2) is 8.78 Å². The van der Waals surface area contributed by atoms with Gasteiger partial charge in [0.15, 0.2) is 0 Å². The lowest BCUT2D eigenvalue weighted by molar-refractivity contribution is 0.192. The van der Waals surface area contributed by atoms with Crippen molar-refractivity contribution in [3.05, 3.63) is 89.7 Å². The summed E-state index contributed by atoms with van der Waals surface area (Å²) in [5.74, 6) is 0.297. The molecule has 0 saturated carbocycles. The summed E-state index contributed by atoms with van der Waals surface area (Å²) in [6.45, 7) is -0.829. The molecule has 1 aliphatic rings. The fourth-order valence-corrected chi connectivity index (χ4v) is 3.44. The van der Waals surface area contributed by atoms with Gasteiger partial charge in [0, 0.05) is 11.3 Å². The molecule has 0 amide bonds. The Morgan fingerprint density at radius 3 is 2.22 bits per heavy atom. The van der Waals surface area contributed by atoms with E-state index < -0.39 is 6.86 Å². The van der Waals surface area contributed by atoms with E-state index in [2.05, 4.69) is 24.3 Å². The van der Waals surface area contributed by atoms with Crippen molar-refractivity contribution in [2.45, 2.75) is 18.9 Å². The van der Waals surface area contributed by atoms with Gasteiger partial charge in [-0.15, -0.1) is 0 Å². The third-order valence-corrected chi connectivity index (χ3v) is 4.86. The molecule has 3 aromatic carbocycles. The molecule has 0 N–H and O–H groups in total. The van der Waals surface area contributed by atoms with Crippen molar-refractivity contribution in [1.82, 2.24) is 0 Å². The summed E-state index contributed by atoms with van der Waals surface area (Å²) in [7, 11) is 0. The normalized spacial score (nSPS) is 16.2. The highest BCUT2D eigenvalue weighted by Crippen LogP contribution is 2.33. The van der Waals surface area contributed by atoms with Crippen molar-refractivity contribution < 1.29 is 13.5 Å². The SMILES string of the molecule is FCOc1ccc(-c2ccc(C3CCC(c4ccccc4F)=N3)cc2)cc1. The van der Waals surface area contributed by atoms with Crippen LogP contribution in [0.2, 0.25) is 0 Å². The van der Waals surface area contributed by atoms with Crippen LogP contribution in [-0.4, -0.2) is 12.6 Å². The lowest BCUT2D eigenvalue weighted by atomic mass is 9.99. The minimum Gasteiger partial charge on any atom is -0.463 e. The van der Waals surface area contributed by atoms with Gasteiger partial charge < -0.3 is 4.74 Å². The Morgan fingerprint density at radius 1 is 0.889 bits per heavy atom. The van der Waals surface area contributed by atoms with Crippen LogP contribution in [0, 0.1) is 5.82 Å². The Hall–Kier alpha value is -3.01. The van der Waals surface area contributed by atoms with Crippen LogP contribution in [0.3, 0.4) is 0 Å². The average Bonchev–Trinajstić information content (AvgIpc) is 3.19. The maximum atomic E-state index is 14.0. The van der Waals surface area contributed by atoms with Crippen molar-refractivity contribution in [3.8, 4) is 16.9 Å². The quantitative estimate of drug-likeness (QED) is 0.535. The van der Waals surface area contributed by atoms with Gasteiger partial charge in [-0.3, -0.25) is 4.99 Å². The zero-order chi connectivity index (χ0) is 18.6. The smallest absolute Gasteiger partial charge is 0.228 e. The van der Waals surface area contributed by atoms with Gasteiger partial charge in [0.25, 0.3) is 0 Å². The Labute approximate surface area is 157 Å². The molecule has 4 rings (SSSR count). The van der Waals surface area contributed by atoms with Gasteiger partial charge >= 0.3 is 0 Å². The number of nitrogens with zero attached hydrogens (tertiary/aromatic N) is 1. The fraction of sp³-hybridized carbons (Fsp3) is 0.174. The van der Waals surface area contributed by atoms with Crippen molar-refractivity contribution in [2.75, 3.05) is 6.86 Å². The molecule has 0 aliphatic carbocycles. The predicted molar refractivity (Wildman–Crippen MR) is 103 cm³/mol. The van der Waals surface area contributed by atoms with E-state index in [9.17, 15) is 8.78 Å². The molecule has 0 spiro atoms. The highest BCUT2D eigenvalue weighted by molar-refractivity contribution is 6.02. The largest absolute Gasteiger partial charge is 0.463 e. The number of ether oxygens (including phenoxy) is 1. The molecule has 1 atom stereocenters. The number of halogens is 2. The summed E-state index contributed by atoms with van der Waals surface area (Å²) < 4.78 is 31.0. The first-order valence-electron chi connectivity index (χ1n) is 8.95. The van der Waals surface area contributed by atoms with E-state index in [0.717, 1.165) is 35.2 Å². The predicted octanol–water partition coefficient (Wildman–Crippen LogP) is 6.12. The first-order chi connectivity index (χ1) is 13.2. The van der Waals surface area contributed by atoms with Crippen molar-refractivity contribution in [2.24, 2.45) is 4.99 Å². The minimum atomic E-state index is -0.829. The molecule has 0 fully saturated rings. The van der Waals surface area contributed by atoms with E-state index in [1.807, 2.05) is 18.2 Å². The summed E-state index contributed by atoms with van der Waals surface area (Å²) in [6.07, 6.45) is 1.67. The molecule has 0 aromatic heterocycles. The fourth-order valence-electron chi connectivity index (χ4n) is 3.44. The Bertz CT molecular complexity index is 949. The van der Waals surface area contributed by atoms with Crippen LogP contribution in [0.1, 0.15) is 30.0 Å². The maximum absolute atomic E-state index is 14.0. The molecule has 3 aromatic rings. The second-order valence-electron chi connectivity index (χ2n) is 6.51. The van der Waals surface area contributed by atoms with Crippen LogP contribution >= 0.6 is 0 Å². The highest BCUT2D eigenvalue weighted by atomic mass is 19.1. The zero-order valence-electron chi connectivity index (χ0n) is 14.7. The highest BCUT2D eigenvalue weighted by Gasteiger charge is 2.21. The molecule has 2 nitrogen and oxygen atoms in total. The molecule has 27 heavy (non-hydrogen) atoms. The number of rotatable bonds is 5. The summed E-state index contributed by atoms with van der Waals surface area (Å²) >= 11 is 0. The monoisotopic (exact) mass is 363 g/mol.